The zero-order valence-corrected chi connectivity index (χ0v) is 20.2. The van der Waals surface area contributed by atoms with E-state index in [1.54, 1.807) is 36.4 Å². The number of methoxy groups -OCH3 is 2. The first-order chi connectivity index (χ1) is 18.1. The number of hydrazone groups is 1. The van der Waals surface area contributed by atoms with Gasteiger partial charge in [-0.1, -0.05) is 35.5 Å². The van der Waals surface area contributed by atoms with E-state index in [0.29, 0.717) is 58.2 Å². The standard InChI is InChI=1S/C27H24FN3O6/c1-33-23-20(12-19-13-22(31-37-19)16-8-10-18(28)11-9-16)21(24(34-2)26-25(23)35-15-36-26)14-29-30-27(32)17-6-4-3-5-7-17/h3-11,14,19H,12-13,15H2,1-2H3,(H,30,32). The minimum absolute atomic E-state index is 0.00455. The fourth-order valence-corrected chi connectivity index (χ4v) is 4.28. The molecule has 2 aliphatic heterocycles. The quantitative estimate of drug-likeness (QED) is 0.366. The van der Waals surface area contributed by atoms with E-state index in [9.17, 15) is 9.18 Å². The summed E-state index contributed by atoms with van der Waals surface area (Å²) in [6, 6.07) is 14.8. The van der Waals surface area contributed by atoms with Crippen molar-refractivity contribution in [1.29, 1.82) is 0 Å². The highest BCUT2D eigenvalue weighted by Gasteiger charge is 2.33. The molecule has 1 amide bonds. The van der Waals surface area contributed by atoms with Gasteiger partial charge in [0, 0.05) is 29.5 Å². The number of hydrogen-bond donors (Lipinski definition) is 1. The summed E-state index contributed by atoms with van der Waals surface area (Å²) >= 11 is 0. The number of amides is 1. The lowest BCUT2D eigenvalue weighted by Crippen LogP contribution is -2.18. The summed E-state index contributed by atoms with van der Waals surface area (Å²) in [6.45, 7) is 0.00455. The maximum Gasteiger partial charge on any atom is 0.271 e. The number of fused-ring (bicyclic) bond motifs is 1. The van der Waals surface area contributed by atoms with Crippen molar-refractivity contribution in [1.82, 2.24) is 5.43 Å². The third-order valence-electron chi connectivity index (χ3n) is 6.02. The summed E-state index contributed by atoms with van der Waals surface area (Å²) < 4.78 is 36.0. The average Bonchev–Trinajstić information content (AvgIpc) is 3.60. The van der Waals surface area contributed by atoms with Crippen LogP contribution in [0.2, 0.25) is 0 Å². The van der Waals surface area contributed by atoms with Crippen LogP contribution in [0.1, 0.15) is 33.5 Å². The molecular weight excluding hydrogens is 481 g/mol. The topological polar surface area (TPSA) is 100.0 Å². The van der Waals surface area contributed by atoms with Crippen molar-refractivity contribution < 1.29 is 33.0 Å². The van der Waals surface area contributed by atoms with E-state index in [2.05, 4.69) is 15.7 Å². The zero-order chi connectivity index (χ0) is 25.8. The Bertz CT molecular complexity index is 1360. The molecule has 3 aromatic carbocycles. The first-order valence-electron chi connectivity index (χ1n) is 11.5. The molecule has 37 heavy (non-hydrogen) atoms. The van der Waals surface area contributed by atoms with Gasteiger partial charge in [0.15, 0.2) is 11.5 Å². The molecule has 2 aliphatic rings. The fraction of sp³-hybridized carbons (Fsp3) is 0.222. The molecule has 0 radical (unpaired) electrons. The molecule has 1 atom stereocenters. The molecule has 0 saturated carbocycles. The van der Waals surface area contributed by atoms with E-state index < -0.39 is 0 Å². The summed E-state index contributed by atoms with van der Waals surface area (Å²) in [5, 5.41) is 8.38. The summed E-state index contributed by atoms with van der Waals surface area (Å²) in [7, 11) is 3.04. The van der Waals surface area contributed by atoms with Crippen molar-refractivity contribution in [2.24, 2.45) is 10.3 Å². The molecule has 0 aromatic heterocycles. The lowest BCUT2D eigenvalue weighted by atomic mass is 9.95. The van der Waals surface area contributed by atoms with Crippen LogP contribution in [0.3, 0.4) is 0 Å². The van der Waals surface area contributed by atoms with Crippen LogP contribution < -0.4 is 24.4 Å². The normalized spacial score (nSPS) is 15.9. The van der Waals surface area contributed by atoms with Gasteiger partial charge in [-0.25, -0.2) is 9.82 Å². The monoisotopic (exact) mass is 505 g/mol. The molecule has 190 valence electrons. The van der Waals surface area contributed by atoms with Gasteiger partial charge in [-0.05, 0) is 29.8 Å². The van der Waals surface area contributed by atoms with Crippen molar-refractivity contribution >= 4 is 17.8 Å². The number of carbonyl (C=O) groups is 1. The van der Waals surface area contributed by atoms with Gasteiger partial charge in [-0.3, -0.25) is 4.79 Å². The maximum absolute atomic E-state index is 13.3. The Morgan fingerprint density at radius 3 is 2.49 bits per heavy atom. The van der Waals surface area contributed by atoms with Gasteiger partial charge in [-0.15, -0.1) is 0 Å². The molecule has 0 bridgehead atoms. The lowest BCUT2D eigenvalue weighted by molar-refractivity contribution is 0.0853. The summed E-state index contributed by atoms with van der Waals surface area (Å²) in [5.74, 6) is 0.954. The van der Waals surface area contributed by atoms with Crippen LogP contribution >= 0.6 is 0 Å². The SMILES string of the molecule is COc1c(C=NNC(=O)c2ccccc2)c(CC2CC(c3ccc(F)cc3)=NO2)c(OC)c2c1OCO2. The second-order valence-electron chi connectivity index (χ2n) is 8.27. The highest BCUT2D eigenvalue weighted by Crippen LogP contribution is 2.52. The number of nitrogens with one attached hydrogen (secondary N) is 1. The van der Waals surface area contributed by atoms with Gasteiger partial charge in [0.05, 0.1) is 26.1 Å². The Balaban J connectivity index is 1.44. The van der Waals surface area contributed by atoms with Gasteiger partial charge in [0.1, 0.15) is 11.9 Å². The summed E-state index contributed by atoms with van der Waals surface area (Å²) in [5.41, 5.74) is 5.72. The number of carbonyl (C=O) groups excluding carboxylic acids is 1. The second-order valence-corrected chi connectivity index (χ2v) is 8.27. The molecule has 0 spiro atoms. The van der Waals surface area contributed by atoms with E-state index in [1.165, 1.54) is 32.6 Å². The minimum Gasteiger partial charge on any atom is -0.492 e. The molecule has 2 heterocycles. The van der Waals surface area contributed by atoms with E-state index >= 15 is 0 Å². The smallest absolute Gasteiger partial charge is 0.271 e. The van der Waals surface area contributed by atoms with E-state index in [-0.39, 0.29) is 24.6 Å². The molecule has 10 heteroatoms. The minimum atomic E-state index is -0.360. The van der Waals surface area contributed by atoms with Gasteiger partial charge < -0.3 is 23.8 Å². The molecule has 3 aromatic rings. The molecule has 0 fully saturated rings. The molecule has 5 rings (SSSR count). The van der Waals surface area contributed by atoms with E-state index in [0.717, 1.165) is 5.56 Å². The molecule has 0 aliphatic carbocycles. The number of oxime groups is 1. The van der Waals surface area contributed by atoms with E-state index in [4.69, 9.17) is 23.8 Å². The fourth-order valence-electron chi connectivity index (χ4n) is 4.28. The average molecular weight is 506 g/mol. The van der Waals surface area contributed by atoms with Gasteiger partial charge >= 0.3 is 0 Å². The van der Waals surface area contributed by atoms with Crippen LogP contribution in [0.25, 0.3) is 0 Å². The van der Waals surface area contributed by atoms with Gasteiger partial charge in [0.2, 0.25) is 18.3 Å². The predicted octanol–water partition coefficient (Wildman–Crippen LogP) is 4.07. The number of nitrogens with zero attached hydrogens (tertiary/aromatic N) is 2. The Hall–Kier alpha value is -4.60. The molecule has 0 saturated heterocycles. The zero-order valence-electron chi connectivity index (χ0n) is 20.2. The predicted molar refractivity (Wildman–Crippen MR) is 133 cm³/mol. The summed E-state index contributed by atoms with van der Waals surface area (Å²) in [4.78, 5) is 18.2. The Morgan fingerprint density at radius 2 is 1.78 bits per heavy atom. The highest BCUT2D eigenvalue weighted by atomic mass is 19.1. The third-order valence-corrected chi connectivity index (χ3v) is 6.02. The van der Waals surface area contributed by atoms with Gasteiger partial charge in [-0.2, -0.15) is 5.10 Å². The van der Waals surface area contributed by atoms with Crippen molar-refractivity contribution in [2.75, 3.05) is 21.0 Å². The van der Waals surface area contributed by atoms with Crippen LogP contribution in [0.15, 0.2) is 64.9 Å². The molecule has 1 unspecified atom stereocenters. The number of benzene rings is 3. The number of ether oxygens (including phenoxy) is 4. The van der Waals surface area contributed by atoms with Gasteiger partial charge in [0.25, 0.3) is 5.91 Å². The third kappa shape index (κ3) is 4.90. The second kappa shape index (κ2) is 10.6. The largest absolute Gasteiger partial charge is 0.492 e. The van der Waals surface area contributed by atoms with Crippen molar-refractivity contribution in [3.8, 4) is 23.0 Å². The number of hydrogen-bond acceptors (Lipinski definition) is 8. The molecule has 9 nitrogen and oxygen atoms in total. The van der Waals surface area contributed by atoms with Crippen molar-refractivity contribution in [3.05, 3.63) is 82.7 Å². The van der Waals surface area contributed by atoms with E-state index in [1.807, 2.05) is 6.07 Å². The van der Waals surface area contributed by atoms with Crippen LogP contribution in [0.4, 0.5) is 4.39 Å². The highest BCUT2D eigenvalue weighted by molar-refractivity contribution is 6.01. The Kier molecular flexibility index (Phi) is 6.89. The van der Waals surface area contributed by atoms with Crippen LogP contribution in [-0.2, 0) is 11.3 Å². The summed E-state index contributed by atoms with van der Waals surface area (Å²) in [6.07, 6.45) is 1.99. The maximum atomic E-state index is 13.3. The van der Waals surface area contributed by atoms with Crippen molar-refractivity contribution in [3.63, 3.8) is 0 Å². The molecular formula is C27H24FN3O6. The Labute approximate surface area is 212 Å². The van der Waals surface area contributed by atoms with Crippen LogP contribution in [0.5, 0.6) is 23.0 Å². The van der Waals surface area contributed by atoms with Crippen molar-refractivity contribution in [2.45, 2.75) is 18.9 Å². The van der Waals surface area contributed by atoms with Crippen LogP contribution in [-0.4, -0.2) is 44.9 Å². The number of halogens is 1. The molecule has 1 N–H and O–H groups in total. The lowest BCUT2D eigenvalue weighted by Gasteiger charge is -2.19. The number of rotatable bonds is 8. The first kappa shape index (κ1) is 24.1. The van der Waals surface area contributed by atoms with Crippen LogP contribution in [0, 0.1) is 5.82 Å². The first-order valence-corrected chi connectivity index (χ1v) is 11.5. The Morgan fingerprint density at radius 1 is 1.08 bits per heavy atom.